The highest BCUT2D eigenvalue weighted by molar-refractivity contribution is 6.05. The van der Waals surface area contributed by atoms with E-state index in [4.69, 9.17) is 4.74 Å². The van der Waals surface area contributed by atoms with Crippen LogP contribution in [0, 0.1) is 0 Å². The number of carbonyl (C=O) groups is 2. The molecular formula is C17H15F3N2O3. The number of nitrogens with one attached hydrogen (secondary N) is 2. The fourth-order valence-corrected chi connectivity index (χ4v) is 2.13. The first-order chi connectivity index (χ1) is 11.7. The molecule has 0 spiro atoms. The van der Waals surface area contributed by atoms with Crippen molar-refractivity contribution >= 4 is 23.2 Å². The molecule has 0 unspecified atom stereocenters. The van der Waals surface area contributed by atoms with Crippen molar-refractivity contribution in [2.75, 3.05) is 17.7 Å². The number of carbonyl (C=O) groups excluding carboxylic acids is 2. The van der Waals surface area contributed by atoms with E-state index in [-0.39, 0.29) is 11.3 Å². The molecule has 2 aromatic rings. The molecule has 2 aromatic carbocycles. The summed E-state index contributed by atoms with van der Waals surface area (Å²) in [6, 6.07) is 9.16. The Morgan fingerprint density at radius 1 is 1.04 bits per heavy atom. The molecule has 0 heterocycles. The van der Waals surface area contributed by atoms with Crippen molar-refractivity contribution < 1.29 is 27.5 Å². The fourth-order valence-electron chi connectivity index (χ4n) is 2.13. The van der Waals surface area contributed by atoms with Gasteiger partial charge in [0, 0.05) is 18.2 Å². The van der Waals surface area contributed by atoms with Crippen LogP contribution in [-0.2, 0) is 11.0 Å². The number of rotatable bonds is 4. The molecule has 25 heavy (non-hydrogen) atoms. The lowest BCUT2D eigenvalue weighted by Gasteiger charge is -2.15. The molecule has 0 radical (unpaired) electrons. The standard InChI is InChI=1S/C17H15F3N2O3/c1-10(23)21-12-6-7-15(14(9-12)17(18,19)20)22-16(24)11-4-3-5-13(8-11)25-2/h3-9H,1-2H3,(H,21,23)(H,22,24). The smallest absolute Gasteiger partial charge is 0.418 e. The molecule has 2 rings (SSSR count). The van der Waals surface area contributed by atoms with Crippen molar-refractivity contribution in [1.29, 1.82) is 0 Å². The number of alkyl halides is 3. The van der Waals surface area contributed by atoms with Crippen LogP contribution in [0.25, 0.3) is 0 Å². The third kappa shape index (κ3) is 4.72. The summed E-state index contributed by atoms with van der Waals surface area (Å²) in [4.78, 5) is 23.2. The summed E-state index contributed by atoms with van der Waals surface area (Å²) in [5.74, 6) is -0.803. The molecule has 0 saturated carbocycles. The summed E-state index contributed by atoms with van der Waals surface area (Å²) in [6.07, 6.45) is -4.70. The number of hydrogen-bond acceptors (Lipinski definition) is 3. The first kappa shape index (κ1) is 18.3. The normalized spacial score (nSPS) is 10.9. The number of amides is 2. The molecule has 132 valence electrons. The second kappa shape index (κ2) is 7.25. The van der Waals surface area contributed by atoms with E-state index in [1.54, 1.807) is 12.1 Å². The molecule has 0 aliphatic carbocycles. The Balaban J connectivity index is 2.34. The molecular weight excluding hydrogens is 337 g/mol. The molecule has 0 aliphatic heterocycles. The Morgan fingerprint density at radius 2 is 1.76 bits per heavy atom. The molecule has 0 aromatic heterocycles. The second-order valence-corrected chi connectivity index (χ2v) is 5.13. The zero-order valence-electron chi connectivity index (χ0n) is 13.4. The molecule has 0 atom stereocenters. The van der Waals surface area contributed by atoms with Crippen LogP contribution in [0.4, 0.5) is 24.5 Å². The van der Waals surface area contributed by atoms with Crippen molar-refractivity contribution in [3.05, 3.63) is 53.6 Å². The van der Waals surface area contributed by atoms with Crippen LogP contribution in [0.1, 0.15) is 22.8 Å². The maximum Gasteiger partial charge on any atom is 0.418 e. The van der Waals surface area contributed by atoms with Gasteiger partial charge in [-0.25, -0.2) is 0 Å². The Kier molecular flexibility index (Phi) is 5.31. The van der Waals surface area contributed by atoms with Gasteiger partial charge in [-0.3, -0.25) is 9.59 Å². The van der Waals surface area contributed by atoms with E-state index in [9.17, 15) is 22.8 Å². The van der Waals surface area contributed by atoms with E-state index in [2.05, 4.69) is 10.6 Å². The number of benzene rings is 2. The van der Waals surface area contributed by atoms with Gasteiger partial charge in [-0.1, -0.05) is 6.07 Å². The Hall–Kier alpha value is -3.03. The summed E-state index contributed by atoms with van der Waals surface area (Å²) in [5, 5.41) is 4.51. The molecule has 0 aliphatic rings. The minimum atomic E-state index is -4.70. The van der Waals surface area contributed by atoms with Crippen LogP contribution in [0.2, 0.25) is 0 Å². The average Bonchev–Trinajstić information content (AvgIpc) is 2.54. The first-order valence-electron chi connectivity index (χ1n) is 7.15. The maximum atomic E-state index is 13.3. The fraction of sp³-hybridized carbons (Fsp3) is 0.176. The lowest BCUT2D eigenvalue weighted by Crippen LogP contribution is -2.17. The summed E-state index contributed by atoms with van der Waals surface area (Å²) in [6.45, 7) is 1.19. The number of anilines is 2. The Bertz CT molecular complexity index is 804. The molecule has 5 nitrogen and oxygen atoms in total. The van der Waals surface area contributed by atoms with Crippen LogP contribution >= 0.6 is 0 Å². The van der Waals surface area contributed by atoms with Gasteiger partial charge in [0.05, 0.1) is 18.4 Å². The zero-order chi connectivity index (χ0) is 18.6. The zero-order valence-corrected chi connectivity index (χ0v) is 13.4. The lowest BCUT2D eigenvalue weighted by molar-refractivity contribution is -0.137. The highest BCUT2D eigenvalue weighted by atomic mass is 19.4. The summed E-state index contributed by atoms with van der Waals surface area (Å²) < 4.78 is 44.7. The Labute approximate surface area is 141 Å². The minimum absolute atomic E-state index is 0.0146. The predicted molar refractivity (Wildman–Crippen MR) is 86.7 cm³/mol. The van der Waals surface area contributed by atoms with Gasteiger partial charge in [0.2, 0.25) is 5.91 Å². The molecule has 0 bridgehead atoms. The van der Waals surface area contributed by atoms with Crippen molar-refractivity contribution in [2.24, 2.45) is 0 Å². The van der Waals surface area contributed by atoms with Crippen LogP contribution in [0.15, 0.2) is 42.5 Å². The predicted octanol–water partition coefficient (Wildman–Crippen LogP) is 3.92. The van der Waals surface area contributed by atoms with Crippen LogP contribution < -0.4 is 15.4 Å². The number of methoxy groups -OCH3 is 1. The van der Waals surface area contributed by atoms with Crippen LogP contribution in [0.5, 0.6) is 5.75 Å². The number of halogens is 3. The van der Waals surface area contributed by atoms with Crippen molar-refractivity contribution in [1.82, 2.24) is 0 Å². The van der Waals surface area contributed by atoms with Gasteiger partial charge in [0.1, 0.15) is 5.75 Å². The molecule has 8 heteroatoms. The highest BCUT2D eigenvalue weighted by Crippen LogP contribution is 2.36. The largest absolute Gasteiger partial charge is 0.497 e. The van der Waals surface area contributed by atoms with E-state index in [1.807, 2.05) is 0 Å². The third-order valence-corrected chi connectivity index (χ3v) is 3.23. The van der Waals surface area contributed by atoms with E-state index < -0.39 is 29.2 Å². The highest BCUT2D eigenvalue weighted by Gasteiger charge is 2.34. The monoisotopic (exact) mass is 352 g/mol. The third-order valence-electron chi connectivity index (χ3n) is 3.23. The van der Waals surface area contributed by atoms with Gasteiger partial charge in [0.25, 0.3) is 5.91 Å². The second-order valence-electron chi connectivity index (χ2n) is 5.13. The number of hydrogen-bond donors (Lipinski definition) is 2. The molecule has 0 saturated heterocycles. The molecule has 2 amide bonds. The summed E-state index contributed by atoms with van der Waals surface area (Å²) in [7, 11) is 1.42. The van der Waals surface area contributed by atoms with Crippen molar-refractivity contribution in [3.63, 3.8) is 0 Å². The first-order valence-corrected chi connectivity index (χ1v) is 7.15. The van der Waals surface area contributed by atoms with Gasteiger partial charge in [0.15, 0.2) is 0 Å². The van der Waals surface area contributed by atoms with Crippen LogP contribution in [-0.4, -0.2) is 18.9 Å². The summed E-state index contributed by atoms with van der Waals surface area (Å²) >= 11 is 0. The average molecular weight is 352 g/mol. The number of ether oxygens (including phenoxy) is 1. The van der Waals surface area contributed by atoms with Gasteiger partial charge in [-0.2, -0.15) is 13.2 Å². The van der Waals surface area contributed by atoms with Gasteiger partial charge in [-0.05, 0) is 36.4 Å². The van der Waals surface area contributed by atoms with Crippen molar-refractivity contribution in [3.8, 4) is 5.75 Å². The van der Waals surface area contributed by atoms with Gasteiger partial charge in [-0.15, -0.1) is 0 Å². The van der Waals surface area contributed by atoms with E-state index >= 15 is 0 Å². The van der Waals surface area contributed by atoms with Gasteiger partial charge >= 0.3 is 6.18 Å². The van der Waals surface area contributed by atoms with E-state index in [0.717, 1.165) is 12.1 Å². The topological polar surface area (TPSA) is 67.4 Å². The molecule has 2 N–H and O–H groups in total. The SMILES string of the molecule is COc1cccc(C(=O)Nc2ccc(NC(C)=O)cc2C(F)(F)F)c1. The van der Waals surface area contributed by atoms with E-state index in [1.165, 1.54) is 32.2 Å². The summed E-state index contributed by atoms with van der Waals surface area (Å²) in [5.41, 5.74) is -1.33. The molecule has 0 fully saturated rings. The van der Waals surface area contributed by atoms with Crippen molar-refractivity contribution in [2.45, 2.75) is 13.1 Å². The van der Waals surface area contributed by atoms with Gasteiger partial charge < -0.3 is 15.4 Å². The lowest BCUT2D eigenvalue weighted by atomic mass is 10.1. The quantitative estimate of drug-likeness (QED) is 0.876. The maximum absolute atomic E-state index is 13.3. The van der Waals surface area contributed by atoms with Crippen LogP contribution in [0.3, 0.4) is 0 Å². The minimum Gasteiger partial charge on any atom is -0.497 e. The Morgan fingerprint density at radius 3 is 2.36 bits per heavy atom. The van der Waals surface area contributed by atoms with E-state index in [0.29, 0.717) is 5.75 Å².